The number of carbonyl (C=O) groups is 1. The Morgan fingerprint density at radius 2 is 1.89 bits per heavy atom. The minimum Gasteiger partial charge on any atom is -0.460 e. The number of hydrogen-bond donors (Lipinski definition) is 0. The zero-order valence-electron chi connectivity index (χ0n) is 11.9. The molecular formula is C17H20O2. The predicted molar refractivity (Wildman–Crippen MR) is 78.3 cm³/mol. The molecule has 0 heterocycles. The minimum absolute atomic E-state index is 0.166. The van der Waals surface area contributed by atoms with E-state index in [1.54, 1.807) is 6.08 Å². The molecule has 100 valence electrons. The number of carbonyl (C=O) groups excluding carboxylic acids is 1. The minimum atomic E-state index is -0.665. The van der Waals surface area contributed by atoms with Gasteiger partial charge >= 0.3 is 5.97 Å². The van der Waals surface area contributed by atoms with Gasteiger partial charge in [0.05, 0.1) is 17.1 Å². The quantitative estimate of drug-likeness (QED) is 0.466. The number of esters is 1. The summed E-state index contributed by atoms with van der Waals surface area (Å²) < 4.78 is 5.27. The van der Waals surface area contributed by atoms with E-state index in [1.807, 2.05) is 58.0 Å². The molecule has 2 nitrogen and oxygen atoms in total. The Hall–Kier alpha value is -2.01. The Bertz CT molecular complexity index is 502. The molecule has 0 fully saturated rings. The van der Waals surface area contributed by atoms with Crippen LogP contribution in [0.3, 0.4) is 0 Å². The van der Waals surface area contributed by atoms with E-state index in [0.717, 1.165) is 5.56 Å². The van der Waals surface area contributed by atoms with Gasteiger partial charge in [0.25, 0.3) is 0 Å². The van der Waals surface area contributed by atoms with Gasteiger partial charge in [-0.15, -0.1) is 6.42 Å². The molecule has 0 aliphatic carbocycles. The maximum atomic E-state index is 12.2. The third kappa shape index (κ3) is 4.30. The van der Waals surface area contributed by atoms with Gasteiger partial charge in [0.2, 0.25) is 0 Å². The number of benzene rings is 1. The molecule has 0 saturated carbocycles. The predicted octanol–water partition coefficient (Wildman–Crippen LogP) is 3.68. The van der Waals surface area contributed by atoms with Crippen LogP contribution in [0.25, 0.3) is 6.08 Å². The Morgan fingerprint density at radius 3 is 2.37 bits per heavy atom. The molecule has 0 N–H and O–H groups in total. The van der Waals surface area contributed by atoms with Crippen molar-refractivity contribution in [3.63, 3.8) is 0 Å². The van der Waals surface area contributed by atoms with Gasteiger partial charge in [0.1, 0.15) is 0 Å². The molecule has 1 rings (SSSR count). The average molecular weight is 256 g/mol. The zero-order chi connectivity index (χ0) is 14.5. The Balaban J connectivity index is 3.18. The van der Waals surface area contributed by atoms with Crippen molar-refractivity contribution in [2.75, 3.05) is 0 Å². The van der Waals surface area contributed by atoms with Crippen molar-refractivity contribution in [2.45, 2.75) is 33.8 Å². The maximum absolute atomic E-state index is 12.2. The lowest BCUT2D eigenvalue weighted by Crippen LogP contribution is -2.23. The molecule has 0 amide bonds. The summed E-state index contributed by atoms with van der Waals surface area (Å²) in [5.74, 6) is 2.29. The third-order valence-corrected chi connectivity index (χ3v) is 2.71. The van der Waals surface area contributed by atoms with Gasteiger partial charge in [0.15, 0.2) is 0 Å². The third-order valence-electron chi connectivity index (χ3n) is 2.71. The smallest absolute Gasteiger partial charge is 0.335 e. The fraction of sp³-hybridized carbons (Fsp3) is 0.353. The summed E-state index contributed by atoms with van der Waals surface area (Å²) in [7, 11) is 0. The van der Waals surface area contributed by atoms with Crippen LogP contribution < -0.4 is 0 Å². The Morgan fingerprint density at radius 1 is 1.32 bits per heavy atom. The first-order valence-electron chi connectivity index (χ1n) is 6.33. The highest BCUT2D eigenvalue weighted by Crippen LogP contribution is 2.28. The molecule has 0 aliphatic rings. The van der Waals surface area contributed by atoms with Gasteiger partial charge in [-0.3, -0.25) is 0 Å². The number of rotatable bonds is 4. The number of terminal acetylenes is 1. The lowest BCUT2D eigenvalue weighted by Gasteiger charge is -2.22. The number of ether oxygens (including phenoxy) is 1. The molecule has 0 unspecified atom stereocenters. The van der Waals surface area contributed by atoms with Crippen molar-refractivity contribution in [1.82, 2.24) is 0 Å². The summed E-state index contributed by atoms with van der Waals surface area (Å²) in [5.41, 5.74) is 0.762. The molecule has 0 bridgehead atoms. The summed E-state index contributed by atoms with van der Waals surface area (Å²) in [6.45, 7) is 7.31. The van der Waals surface area contributed by atoms with E-state index < -0.39 is 5.41 Å². The highest BCUT2D eigenvalue weighted by atomic mass is 16.5. The van der Waals surface area contributed by atoms with E-state index in [2.05, 4.69) is 5.92 Å². The fourth-order valence-electron chi connectivity index (χ4n) is 1.57. The van der Waals surface area contributed by atoms with Crippen LogP contribution in [-0.2, 0) is 9.53 Å². The van der Waals surface area contributed by atoms with Gasteiger partial charge in [-0.05, 0) is 39.3 Å². The van der Waals surface area contributed by atoms with Crippen LogP contribution in [0, 0.1) is 17.8 Å². The second-order valence-corrected chi connectivity index (χ2v) is 5.19. The standard InChI is InChI=1S/C17H20O2/c1-6-17(4,5)15(16(18)19-13(2)3)12-14-10-8-7-9-11-14/h1,7-13H,2-5H3. The van der Waals surface area contributed by atoms with E-state index in [-0.39, 0.29) is 12.1 Å². The van der Waals surface area contributed by atoms with Crippen LogP contribution in [0.2, 0.25) is 0 Å². The summed E-state index contributed by atoms with van der Waals surface area (Å²) in [6, 6.07) is 9.61. The van der Waals surface area contributed by atoms with Crippen LogP contribution in [0.4, 0.5) is 0 Å². The molecule has 0 aromatic heterocycles. The van der Waals surface area contributed by atoms with E-state index in [1.165, 1.54) is 0 Å². The molecule has 0 saturated heterocycles. The lowest BCUT2D eigenvalue weighted by atomic mass is 9.84. The fourth-order valence-corrected chi connectivity index (χ4v) is 1.57. The summed E-state index contributed by atoms with van der Waals surface area (Å²) in [6.07, 6.45) is 7.16. The van der Waals surface area contributed by atoms with E-state index in [4.69, 9.17) is 11.2 Å². The SMILES string of the molecule is C#CC(C)(C)C(=Cc1ccccc1)C(=O)OC(C)C. The van der Waals surface area contributed by atoms with Crippen LogP contribution >= 0.6 is 0 Å². The average Bonchev–Trinajstić information content (AvgIpc) is 2.36. The molecule has 0 spiro atoms. The molecule has 2 heteroatoms. The van der Waals surface area contributed by atoms with Gasteiger partial charge in [-0.2, -0.15) is 0 Å². The molecule has 0 radical (unpaired) electrons. The van der Waals surface area contributed by atoms with Crippen molar-refractivity contribution >= 4 is 12.0 Å². The van der Waals surface area contributed by atoms with E-state index in [9.17, 15) is 4.79 Å². The van der Waals surface area contributed by atoms with Crippen molar-refractivity contribution in [3.8, 4) is 12.3 Å². The summed E-state index contributed by atoms with van der Waals surface area (Å²) in [5, 5.41) is 0. The first-order valence-corrected chi connectivity index (χ1v) is 6.33. The van der Waals surface area contributed by atoms with E-state index >= 15 is 0 Å². The first kappa shape index (κ1) is 15.0. The van der Waals surface area contributed by atoms with E-state index in [0.29, 0.717) is 5.57 Å². The van der Waals surface area contributed by atoms with Gasteiger partial charge < -0.3 is 4.74 Å². The van der Waals surface area contributed by atoms with Crippen molar-refractivity contribution < 1.29 is 9.53 Å². The second-order valence-electron chi connectivity index (χ2n) is 5.19. The van der Waals surface area contributed by atoms with Crippen LogP contribution in [0.1, 0.15) is 33.3 Å². The van der Waals surface area contributed by atoms with Crippen molar-refractivity contribution in [3.05, 3.63) is 41.5 Å². The normalized spacial score (nSPS) is 12.1. The van der Waals surface area contributed by atoms with Crippen LogP contribution in [0.15, 0.2) is 35.9 Å². The molecule has 19 heavy (non-hydrogen) atoms. The van der Waals surface area contributed by atoms with Crippen molar-refractivity contribution in [2.24, 2.45) is 5.41 Å². The molecule has 0 aliphatic heterocycles. The highest BCUT2D eigenvalue weighted by Gasteiger charge is 2.28. The first-order chi connectivity index (χ1) is 8.86. The lowest BCUT2D eigenvalue weighted by molar-refractivity contribution is -0.143. The molecule has 0 atom stereocenters. The largest absolute Gasteiger partial charge is 0.460 e. The van der Waals surface area contributed by atoms with Gasteiger partial charge in [-0.1, -0.05) is 36.3 Å². The molecule has 1 aromatic carbocycles. The summed E-state index contributed by atoms with van der Waals surface area (Å²) in [4.78, 5) is 12.2. The van der Waals surface area contributed by atoms with Crippen LogP contribution in [-0.4, -0.2) is 12.1 Å². The van der Waals surface area contributed by atoms with Crippen molar-refractivity contribution in [1.29, 1.82) is 0 Å². The highest BCUT2D eigenvalue weighted by molar-refractivity contribution is 5.95. The second kappa shape index (κ2) is 6.24. The zero-order valence-corrected chi connectivity index (χ0v) is 11.9. The van der Waals surface area contributed by atoms with Gasteiger partial charge in [-0.25, -0.2) is 4.79 Å². The molecule has 1 aromatic rings. The number of hydrogen-bond acceptors (Lipinski definition) is 2. The monoisotopic (exact) mass is 256 g/mol. The Labute approximate surface area is 115 Å². The topological polar surface area (TPSA) is 26.3 Å². The van der Waals surface area contributed by atoms with Gasteiger partial charge in [0, 0.05) is 0 Å². The summed E-state index contributed by atoms with van der Waals surface area (Å²) >= 11 is 0. The van der Waals surface area contributed by atoms with Crippen LogP contribution in [0.5, 0.6) is 0 Å². The maximum Gasteiger partial charge on any atom is 0.335 e. The molecular weight excluding hydrogens is 236 g/mol. The Kier molecular flexibility index (Phi) is 4.94.